The number of carbonyl (C=O) groups excluding carboxylic acids is 1. The molecule has 1 atom stereocenters. The lowest BCUT2D eigenvalue weighted by Crippen LogP contribution is -2.28. The van der Waals surface area contributed by atoms with Crippen molar-refractivity contribution in [3.05, 3.63) is 18.5 Å². The van der Waals surface area contributed by atoms with Gasteiger partial charge in [-0.2, -0.15) is 20.1 Å². The van der Waals surface area contributed by atoms with E-state index in [2.05, 4.69) is 35.4 Å². The molecule has 0 amide bonds. The van der Waals surface area contributed by atoms with Crippen LogP contribution >= 0.6 is 0 Å². The van der Waals surface area contributed by atoms with Crippen LogP contribution in [0.15, 0.2) is 18.5 Å². The van der Waals surface area contributed by atoms with Gasteiger partial charge in [0.05, 0.1) is 7.11 Å². The number of ether oxygens (including phenoxy) is 1. The Morgan fingerprint density at radius 1 is 1.38 bits per heavy atom. The smallest absolute Gasteiger partial charge is 0.328 e. The van der Waals surface area contributed by atoms with Gasteiger partial charge in [-0.25, -0.2) is 9.48 Å². The quantitative estimate of drug-likeness (QED) is 0.739. The third kappa shape index (κ3) is 3.65. The van der Waals surface area contributed by atoms with E-state index >= 15 is 0 Å². The summed E-state index contributed by atoms with van der Waals surface area (Å²) in [5.41, 5.74) is 0. The van der Waals surface area contributed by atoms with Crippen molar-refractivity contribution in [2.75, 3.05) is 24.3 Å². The predicted octanol–water partition coefficient (Wildman–Crippen LogP) is 0.462. The standard InChI is InChI=1S/C12H17N7O2/c1-4-13-10-16-11(15-8(2)9(20)21-3)18-12(17-10)19-7-5-6-14-19/h5-8H,4H2,1-3H3,(H2,13,15,16,17,18). The van der Waals surface area contributed by atoms with Crippen LogP contribution < -0.4 is 10.6 Å². The zero-order valence-electron chi connectivity index (χ0n) is 12.1. The summed E-state index contributed by atoms with van der Waals surface area (Å²) in [6.07, 6.45) is 3.35. The van der Waals surface area contributed by atoms with Gasteiger partial charge in [0.25, 0.3) is 5.95 Å². The number of aromatic nitrogens is 5. The molecule has 21 heavy (non-hydrogen) atoms. The lowest BCUT2D eigenvalue weighted by molar-refractivity contribution is -0.141. The predicted molar refractivity (Wildman–Crippen MR) is 76.2 cm³/mol. The molecule has 0 aliphatic rings. The fourth-order valence-electron chi connectivity index (χ4n) is 1.59. The second-order valence-corrected chi connectivity index (χ2v) is 4.15. The van der Waals surface area contributed by atoms with Crippen molar-refractivity contribution < 1.29 is 9.53 Å². The molecule has 0 radical (unpaired) electrons. The second-order valence-electron chi connectivity index (χ2n) is 4.15. The van der Waals surface area contributed by atoms with Gasteiger partial charge in [-0.15, -0.1) is 0 Å². The molecular formula is C12H17N7O2. The highest BCUT2D eigenvalue weighted by Crippen LogP contribution is 2.10. The van der Waals surface area contributed by atoms with Crippen molar-refractivity contribution in [2.24, 2.45) is 0 Å². The first-order chi connectivity index (χ1) is 10.1. The number of methoxy groups -OCH3 is 1. The van der Waals surface area contributed by atoms with Crippen molar-refractivity contribution in [1.29, 1.82) is 0 Å². The molecule has 2 N–H and O–H groups in total. The first-order valence-electron chi connectivity index (χ1n) is 6.48. The van der Waals surface area contributed by atoms with Crippen LogP contribution in [0, 0.1) is 0 Å². The molecular weight excluding hydrogens is 274 g/mol. The first kappa shape index (κ1) is 14.7. The van der Waals surface area contributed by atoms with E-state index in [1.165, 1.54) is 11.8 Å². The maximum atomic E-state index is 11.5. The summed E-state index contributed by atoms with van der Waals surface area (Å²) in [6.45, 7) is 4.26. The molecule has 0 bridgehead atoms. The molecule has 9 heteroatoms. The topological polar surface area (TPSA) is 107 Å². The molecule has 2 aromatic rings. The first-order valence-corrected chi connectivity index (χ1v) is 6.48. The molecule has 2 rings (SSSR count). The number of esters is 1. The molecule has 112 valence electrons. The highest BCUT2D eigenvalue weighted by Gasteiger charge is 2.16. The maximum absolute atomic E-state index is 11.5. The molecule has 0 aliphatic carbocycles. The van der Waals surface area contributed by atoms with Crippen molar-refractivity contribution in [3.63, 3.8) is 0 Å². The van der Waals surface area contributed by atoms with E-state index in [1.54, 1.807) is 25.4 Å². The summed E-state index contributed by atoms with van der Waals surface area (Å²) in [5.74, 6) is 0.619. The summed E-state index contributed by atoms with van der Waals surface area (Å²) in [7, 11) is 1.33. The van der Waals surface area contributed by atoms with Crippen molar-refractivity contribution in [2.45, 2.75) is 19.9 Å². The van der Waals surface area contributed by atoms with E-state index in [0.717, 1.165) is 0 Å². The minimum Gasteiger partial charge on any atom is -0.467 e. The third-order valence-electron chi connectivity index (χ3n) is 2.57. The number of nitrogens with zero attached hydrogens (tertiary/aromatic N) is 5. The lowest BCUT2D eigenvalue weighted by atomic mass is 10.3. The Balaban J connectivity index is 2.29. The number of rotatable bonds is 6. The van der Waals surface area contributed by atoms with Crippen LogP contribution in [0.4, 0.5) is 11.9 Å². The largest absolute Gasteiger partial charge is 0.467 e. The second kappa shape index (κ2) is 6.64. The molecule has 0 spiro atoms. The molecule has 1 unspecified atom stereocenters. The van der Waals surface area contributed by atoms with E-state index in [0.29, 0.717) is 18.4 Å². The van der Waals surface area contributed by atoms with Crippen LogP contribution in [0.5, 0.6) is 0 Å². The molecule has 0 aromatic carbocycles. The fourth-order valence-corrected chi connectivity index (χ4v) is 1.59. The van der Waals surface area contributed by atoms with Gasteiger partial charge in [0.2, 0.25) is 11.9 Å². The molecule has 2 heterocycles. The lowest BCUT2D eigenvalue weighted by Gasteiger charge is -2.13. The Kier molecular flexibility index (Phi) is 4.64. The van der Waals surface area contributed by atoms with Crippen LogP contribution in [-0.2, 0) is 9.53 Å². The van der Waals surface area contributed by atoms with E-state index in [4.69, 9.17) is 0 Å². The normalized spacial score (nSPS) is 11.8. The van der Waals surface area contributed by atoms with Crippen molar-refractivity contribution >= 4 is 17.9 Å². The minimum absolute atomic E-state index is 0.268. The Labute approximate surface area is 121 Å². The van der Waals surface area contributed by atoms with Gasteiger partial charge in [0.1, 0.15) is 6.04 Å². The molecule has 0 saturated heterocycles. The van der Waals surface area contributed by atoms with Crippen LogP contribution in [0.3, 0.4) is 0 Å². The highest BCUT2D eigenvalue weighted by atomic mass is 16.5. The number of nitrogens with one attached hydrogen (secondary N) is 2. The number of carbonyl (C=O) groups is 1. The molecule has 0 aliphatic heterocycles. The van der Waals surface area contributed by atoms with Gasteiger partial charge >= 0.3 is 5.97 Å². The van der Waals surface area contributed by atoms with Crippen LogP contribution in [0.2, 0.25) is 0 Å². The Bertz CT molecular complexity index is 600. The molecule has 2 aromatic heterocycles. The zero-order chi connectivity index (χ0) is 15.2. The summed E-state index contributed by atoms with van der Waals surface area (Å²) in [5, 5.41) is 9.96. The zero-order valence-corrected chi connectivity index (χ0v) is 12.1. The van der Waals surface area contributed by atoms with Gasteiger partial charge in [-0.05, 0) is 19.9 Å². The number of hydrogen-bond acceptors (Lipinski definition) is 8. The van der Waals surface area contributed by atoms with Gasteiger partial charge in [-0.1, -0.05) is 0 Å². The average molecular weight is 291 g/mol. The van der Waals surface area contributed by atoms with E-state index in [1.807, 2.05) is 6.92 Å². The summed E-state index contributed by atoms with van der Waals surface area (Å²) >= 11 is 0. The van der Waals surface area contributed by atoms with Gasteiger partial charge < -0.3 is 15.4 Å². The number of hydrogen-bond donors (Lipinski definition) is 2. The Morgan fingerprint density at radius 2 is 2.14 bits per heavy atom. The maximum Gasteiger partial charge on any atom is 0.328 e. The highest BCUT2D eigenvalue weighted by molar-refractivity contribution is 5.77. The van der Waals surface area contributed by atoms with Gasteiger partial charge in [-0.3, -0.25) is 0 Å². The number of anilines is 2. The van der Waals surface area contributed by atoms with Crippen LogP contribution in [-0.4, -0.2) is 50.4 Å². The van der Waals surface area contributed by atoms with Crippen LogP contribution in [0.25, 0.3) is 5.95 Å². The fraction of sp³-hybridized carbons (Fsp3) is 0.417. The monoisotopic (exact) mass is 291 g/mol. The molecule has 9 nitrogen and oxygen atoms in total. The summed E-state index contributed by atoms with van der Waals surface area (Å²) in [6, 6.07) is 1.19. The molecule has 0 fully saturated rings. The molecule has 0 saturated carbocycles. The SMILES string of the molecule is CCNc1nc(NC(C)C(=O)OC)nc(-n2cccn2)n1. The van der Waals surface area contributed by atoms with E-state index in [9.17, 15) is 4.79 Å². The third-order valence-corrected chi connectivity index (χ3v) is 2.57. The summed E-state index contributed by atoms with van der Waals surface area (Å²) < 4.78 is 6.17. The van der Waals surface area contributed by atoms with Crippen molar-refractivity contribution in [1.82, 2.24) is 24.7 Å². The van der Waals surface area contributed by atoms with E-state index < -0.39 is 12.0 Å². The van der Waals surface area contributed by atoms with Crippen LogP contribution in [0.1, 0.15) is 13.8 Å². The van der Waals surface area contributed by atoms with Gasteiger partial charge in [0.15, 0.2) is 0 Å². The van der Waals surface area contributed by atoms with Gasteiger partial charge in [0, 0.05) is 18.9 Å². The Hall–Kier alpha value is -2.71. The average Bonchev–Trinajstić information content (AvgIpc) is 3.00. The Morgan fingerprint density at radius 3 is 2.76 bits per heavy atom. The van der Waals surface area contributed by atoms with Crippen molar-refractivity contribution in [3.8, 4) is 5.95 Å². The summed E-state index contributed by atoms with van der Waals surface area (Å²) in [4.78, 5) is 24.1. The minimum atomic E-state index is -0.572. The van der Waals surface area contributed by atoms with E-state index in [-0.39, 0.29) is 5.95 Å².